The first-order chi connectivity index (χ1) is 14.5. The lowest BCUT2D eigenvalue weighted by molar-refractivity contribution is -0.134. The first-order valence-electron chi connectivity index (χ1n) is 9.45. The molecule has 0 fully saturated rings. The van der Waals surface area contributed by atoms with Crippen LogP contribution in [0.1, 0.15) is 29.8 Å². The third-order valence-corrected chi connectivity index (χ3v) is 5.26. The zero-order chi connectivity index (χ0) is 21.9. The van der Waals surface area contributed by atoms with Crippen LogP contribution >= 0.6 is 11.8 Å². The summed E-state index contributed by atoms with van der Waals surface area (Å²) in [5.74, 6) is -1.06. The van der Waals surface area contributed by atoms with Gasteiger partial charge in [-0.1, -0.05) is 18.2 Å². The summed E-state index contributed by atoms with van der Waals surface area (Å²) in [4.78, 5) is 38.9. The van der Waals surface area contributed by atoms with E-state index in [2.05, 4.69) is 5.32 Å². The summed E-state index contributed by atoms with van der Waals surface area (Å²) in [6.45, 7) is 4.49. The summed E-state index contributed by atoms with van der Waals surface area (Å²) in [5, 5.41) is 11.7. The lowest BCUT2D eigenvalue weighted by Crippen LogP contribution is -2.34. The molecule has 2 aromatic carbocycles. The highest BCUT2D eigenvalue weighted by molar-refractivity contribution is 8.00. The van der Waals surface area contributed by atoms with Gasteiger partial charge in [0.25, 0.3) is 5.91 Å². The normalized spacial score (nSPS) is 10.0. The van der Waals surface area contributed by atoms with Crippen molar-refractivity contribution in [1.29, 1.82) is 5.26 Å². The second-order valence-corrected chi connectivity index (χ2v) is 7.18. The van der Waals surface area contributed by atoms with Gasteiger partial charge in [-0.2, -0.15) is 5.26 Å². The largest absolute Gasteiger partial charge is 0.452 e. The molecular weight excluding hydrogens is 402 g/mol. The second kappa shape index (κ2) is 11.6. The third kappa shape index (κ3) is 6.64. The molecule has 0 spiro atoms. The van der Waals surface area contributed by atoms with Crippen molar-refractivity contribution in [2.75, 3.05) is 30.8 Å². The highest BCUT2D eigenvalue weighted by Crippen LogP contribution is 2.24. The van der Waals surface area contributed by atoms with E-state index in [4.69, 9.17) is 10.00 Å². The number of carbonyl (C=O) groups is 3. The molecule has 8 heteroatoms. The molecule has 1 N–H and O–H groups in total. The summed E-state index contributed by atoms with van der Waals surface area (Å²) >= 11 is 1.19. The topological polar surface area (TPSA) is 99.5 Å². The van der Waals surface area contributed by atoms with Gasteiger partial charge in [0, 0.05) is 23.7 Å². The maximum Gasteiger partial charge on any atom is 0.339 e. The minimum absolute atomic E-state index is 0.0689. The lowest BCUT2D eigenvalue weighted by Gasteiger charge is -2.18. The summed E-state index contributed by atoms with van der Waals surface area (Å²) in [6.07, 6.45) is 0. The van der Waals surface area contributed by atoms with Crippen LogP contribution in [0.2, 0.25) is 0 Å². The van der Waals surface area contributed by atoms with E-state index < -0.39 is 5.97 Å². The Hall–Kier alpha value is -3.31. The molecule has 0 saturated carbocycles. The fraction of sp³-hybridized carbons (Fsp3) is 0.273. The molecule has 7 nitrogen and oxygen atoms in total. The summed E-state index contributed by atoms with van der Waals surface area (Å²) in [6, 6.07) is 15.4. The maximum absolute atomic E-state index is 12.4. The van der Waals surface area contributed by atoms with E-state index in [1.807, 2.05) is 19.9 Å². The van der Waals surface area contributed by atoms with E-state index in [-0.39, 0.29) is 24.2 Å². The Morgan fingerprint density at radius 1 is 1.10 bits per heavy atom. The standard InChI is InChI=1S/C22H23N3O4S/c1-3-25(4-2)21(27)14-29-22(28)18-10-5-6-11-19(18)30-15-20(26)24-17-9-7-8-16(12-17)13-23/h5-12H,3-4,14-15H2,1-2H3,(H,24,26). The molecule has 0 heterocycles. The molecule has 0 aliphatic carbocycles. The third-order valence-electron chi connectivity index (χ3n) is 4.18. The van der Waals surface area contributed by atoms with Gasteiger partial charge in [-0.25, -0.2) is 4.79 Å². The minimum atomic E-state index is -0.610. The van der Waals surface area contributed by atoms with Crippen molar-refractivity contribution in [1.82, 2.24) is 4.90 Å². The number of nitrogens with one attached hydrogen (secondary N) is 1. The summed E-state index contributed by atoms with van der Waals surface area (Å²) in [7, 11) is 0. The van der Waals surface area contributed by atoms with E-state index >= 15 is 0 Å². The number of nitrogens with zero attached hydrogens (tertiary/aromatic N) is 2. The van der Waals surface area contributed by atoms with Crippen molar-refractivity contribution >= 4 is 35.2 Å². The lowest BCUT2D eigenvalue weighted by atomic mass is 10.2. The van der Waals surface area contributed by atoms with Crippen LogP contribution in [-0.4, -0.2) is 48.1 Å². The average molecular weight is 426 g/mol. The van der Waals surface area contributed by atoms with E-state index in [1.165, 1.54) is 11.8 Å². The van der Waals surface area contributed by atoms with Gasteiger partial charge < -0.3 is 15.0 Å². The summed E-state index contributed by atoms with van der Waals surface area (Å²) in [5.41, 5.74) is 1.28. The van der Waals surface area contributed by atoms with E-state index in [9.17, 15) is 14.4 Å². The fourth-order valence-electron chi connectivity index (χ4n) is 2.64. The van der Waals surface area contributed by atoms with Gasteiger partial charge in [0.2, 0.25) is 5.91 Å². The first-order valence-corrected chi connectivity index (χ1v) is 10.4. The Morgan fingerprint density at radius 2 is 1.83 bits per heavy atom. The van der Waals surface area contributed by atoms with Gasteiger partial charge in [-0.3, -0.25) is 9.59 Å². The minimum Gasteiger partial charge on any atom is -0.452 e. The number of anilines is 1. The molecule has 0 radical (unpaired) electrons. The Kier molecular flexibility index (Phi) is 8.91. The van der Waals surface area contributed by atoms with Crippen molar-refractivity contribution in [2.45, 2.75) is 18.7 Å². The number of amides is 2. The van der Waals surface area contributed by atoms with Crippen molar-refractivity contribution in [3.63, 3.8) is 0 Å². The number of hydrogen-bond donors (Lipinski definition) is 1. The van der Waals surface area contributed by atoms with Gasteiger partial charge in [-0.05, 0) is 44.2 Å². The number of nitriles is 1. The Balaban J connectivity index is 1.96. The maximum atomic E-state index is 12.4. The number of esters is 1. The molecule has 0 aliphatic rings. The summed E-state index contributed by atoms with van der Waals surface area (Å²) < 4.78 is 5.17. The van der Waals surface area contributed by atoms with Gasteiger partial charge >= 0.3 is 5.97 Å². The van der Waals surface area contributed by atoms with Crippen LogP contribution in [0, 0.1) is 11.3 Å². The molecule has 0 saturated heterocycles. The average Bonchev–Trinajstić information content (AvgIpc) is 2.77. The smallest absolute Gasteiger partial charge is 0.339 e. The number of thioether (sulfide) groups is 1. The van der Waals surface area contributed by atoms with Crippen LogP contribution in [0.25, 0.3) is 0 Å². The number of rotatable bonds is 9. The highest BCUT2D eigenvalue weighted by Gasteiger charge is 2.17. The molecule has 156 valence electrons. The van der Waals surface area contributed by atoms with Crippen molar-refractivity contribution in [2.24, 2.45) is 0 Å². The van der Waals surface area contributed by atoms with Crippen LogP contribution in [0.15, 0.2) is 53.4 Å². The fourth-order valence-corrected chi connectivity index (χ4v) is 3.48. The zero-order valence-corrected chi connectivity index (χ0v) is 17.7. The quantitative estimate of drug-likeness (QED) is 0.489. The first kappa shape index (κ1) is 23.0. The number of ether oxygens (including phenoxy) is 1. The molecule has 0 unspecified atom stereocenters. The zero-order valence-electron chi connectivity index (χ0n) is 16.9. The Labute approximate surface area is 180 Å². The van der Waals surface area contributed by atoms with Crippen LogP contribution in [-0.2, 0) is 14.3 Å². The van der Waals surface area contributed by atoms with Gasteiger partial charge in [0.05, 0.1) is 22.9 Å². The van der Waals surface area contributed by atoms with Crippen molar-refractivity contribution in [3.8, 4) is 6.07 Å². The van der Waals surface area contributed by atoms with Gasteiger partial charge in [0.15, 0.2) is 6.61 Å². The molecule has 2 aromatic rings. The number of hydrogen-bond acceptors (Lipinski definition) is 6. The molecule has 0 bridgehead atoms. The van der Waals surface area contributed by atoms with Crippen LogP contribution in [0.4, 0.5) is 5.69 Å². The number of likely N-dealkylation sites (N-methyl/N-ethyl adjacent to an activating group) is 1. The van der Waals surface area contributed by atoms with E-state index in [0.29, 0.717) is 34.8 Å². The van der Waals surface area contributed by atoms with E-state index in [1.54, 1.807) is 53.4 Å². The Morgan fingerprint density at radius 3 is 2.53 bits per heavy atom. The molecule has 2 rings (SSSR count). The SMILES string of the molecule is CCN(CC)C(=O)COC(=O)c1ccccc1SCC(=O)Nc1cccc(C#N)c1. The second-order valence-electron chi connectivity index (χ2n) is 6.17. The number of carbonyl (C=O) groups excluding carboxylic acids is 3. The van der Waals surface area contributed by atoms with Crippen molar-refractivity contribution in [3.05, 3.63) is 59.7 Å². The van der Waals surface area contributed by atoms with Crippen LogP contribution in [0.3, 0.4) is 0 Å². The van der Waals surface area contributed by atoms with Crippen molar-refractivity contribution < 1.29 is 19.1 Å². The van der Waals surface area contributed by atoms with Gasteiger partial charge in [0.1, 0.15) is 0 Å². The molecule has 0 aliphatic heterocycles. The molecule has 30 heavy (non-hydrogen) atoms. The van der Waals surface area contributed by atoms with Crippen LogP contribution in [0.5, 0.6) is 0 Å². The molecule has 0 aromatic heterocycles. The van der Waals surface area contributed by atoms with E-state index in [0.717, 1.165) is 0 Å². The number of benzene rings is 2. The predicted octanol–water partition coefficient (Wildman–Crippen LogP) is 3.31. The highest BCUT2D eigenvalue weighted by atomic mass is 32.2. The molecule has 0 atom stereocenters. The van der Waals surface area contributed by atoms with Crippen LogP contribution < -0.4 is 5.32 Å². The van der Waals surface area contributed by atoms with Gasteiger partial charge in [-0.15, -0.1) is 11.8 Å². The monoisotopic (exact) mass is 425 g/mol. The predicted molar refractivity (Wildman–Crippen MR) is 115 cm³/mol. The Bertz CT molecular complexity index is 951. The molecule has 2 amide bonds. The molecular formula is C22H23N3O4S.